The Balaban J connectivity index is 1.98. The molecule has 1 aliphatic rings. The zero-order valence-electron chi connectivity index (χ0n) is 16.4. The number of nitrogens with zero attached hydrogens (tertiary/aromatic N) is 1. The highest BCUT2D eigenvalue weighted by atomic mass is 16.2. The van der Waals surface area contributed by atoms with Crippen molar-refractivity contribution in [2.75, 3.05) is 6.54 Å². The van der Waals surface area contributed by atoms with E-state index in [4.69, 9.17) is 0 Å². The summed E-state index contributed by atoms with van der Waals surface area (Å²) < 4.78 is 0. The van der Waals surface area contributed by atoms with Crippen molar-refractivity contribution in [2.24, 2.45) is 5.92 Å². The zero-order chi connectivity index (χ0) is 18.5. The molecule has 2 unspecified atom stereocenters. The van der Waals surface area contributed by atoms with Crippen LogP contribution in [-0.4, -0.2) is 17.4 Å². The lowest BCUT2D eigenvalue weighted by Gasteiger charge is -2.39. The number of fused-ring (bicyclic) bond motifs is 1. The molecule has 2 aromatic carbocycles. The summed E-state index contributed by atoms with van der Waals surface area (Å²) in [5, 5.41) is 0. The van der Waals surface area contributed by atoms with Crippen molar-refractivity contribution in [3.05, 3.63) is 70.8 Å². The third kappa shape index (κ3) is 3.85. The van der Waals surface area contributed by atoms with Crippen LogP contribution in [0.25, 0.3) is 0 Å². The van der Waals surface area contributed by atoms with E-state index in [2.05, 4.69) is 74.2 Å². The molecule has 0 saturated carbocycles. The largest absolute Gasteiger partial charge is 0.331 e. The molecule has 2 atom stereocenters. The fourth-order valence-corrected chi connectivity index (χ4v) is 4.10. The molecule has 0 radical (unpaired) electrons. The van der Waals surface area contributed by atoms with Gasteiger partial charge in [-0.25, -0.2) is 0 Å². The van der Waals surface area contributed by atoms with Crippen molar-refractivity contribution >= 4 is 5.91 Å². The van der Waals surface area contributed by atoms with Crippen molar-refractivity contribution < 1.29 is 4.79 Å². The Bertz CT molecular complexity index is 734. The molecule has 26 heavy (non-hydrogen) atoms. The molecule has 3 rings (SSSR count). The second-order valence-corrected chi connectivity index (χ2v) is 7.54. The lowest BCUT2D eigenvalue weighted by Crippen LogP contribution is -2.43. The molecule has 0 fully saturated rings. The molecule has 0 spiro atoms. The fourth-order valence-electron chi connectivity index (χ4n) is 4.10. The summed E-state index contributed by atoms with van der Waals surface area (Å²) in [5.41, 5.74) is 5.15. The van der Waals surface area contributed by atoms with Crippen LogP contribution >= 0.6 is 0 Å². The maximum Gasteiger partial charge on any atom is 0.226 e. The SMILES string of the molecule is CCCCC(CC)C(=O)N1CCc2ccccc2C1c1ccc(C)cc1. The van der Waals surface area contributed by atoms with Gasteiger partial charge in [0.05, 0.1) is 6.04 Å². The number of benzene rings is 2. The predicted molar refractivity (Wildman–Crippen MR) is 108 cm³/mol. The van der Waals surface area contributed by atoms with E-state index in [-0.39, 0.29) is 12.0 Å². The van der Waals surface area contributed by atoms with Crippen LogP contribution in [0.5, 0.6) is 0 Å². The molecule has 2 heteroatoms. The Hall–Kier alpha value is -2.09. The summed E-state index contributed by atoms with van der Waals surface area (Å²) >= 11 is 0. The van der Waals surface area contributed by atoms with E-state index < -0.39 is 0 Å². The zero-order valence-corrected chi connectivity index (χ0v) is 16.4. The quantitative estimate of drug-likeness (QED) is 0.656. The van der Waals surface area contributed by atoms with Gasteiger partial charge in [-0.05, 0) is 42.9 Å². The van der Waals surface area contributed by atoms with Crippen LogP contribution in [0, 0.1) is 12.8 Å². The van der Waals surface area contributed by atoms with Crippen LogP contribution in [-0.2, 0) is 11.2 Å². The molecule has 2 nitrogen and oxygen atoms in total. The highest BCUT2D eigenvalue weighted by Crippen LogP contribution is 2.36. The van der Waals surface area contributed by atoms with Gasteiger partial charge >= 0.3 is 0 Å². The summed E-state index contributed by atoms with van der Waals surface area (Å²) in [6.07, 6.45) is 5.16. The number of aryl methyl sites for hydroxylation is 1. The van der Waals surface area contributed by atoms with Crippen molar-refractivity contribution in [3.63, 3.8) is 0 Å². The van der Waals surface area contributed by atoms with Gasteiger partial charge in [-0.2, -0.15) is 0 Å². The maximum atomic E-state index is 13.4. The summed E-state index contributed by atoms with van der Waals surface area (Å²) in [6.45, 7) is 7.27. The van der Waals surface area contributed by atoms with E-state index in [0.717, 1.165) is 38.6 Å². The molecule has 1 aliphatic heterocycles. The van der Waals surface area contributed by atoms with Gasteiger partial charge in [0, 0.05) is 12.5 Å². The lowest BCUT2D eigenvalue weighted by molar-refractivity contribution is -0.138. The van der Waals surface area contributed by atoms with Gasteiger partial charge in [-0.15, -0.1) is 0 Å². The normalized spacial score (nSPS) is 17.7. The highest BCUT2D eigenvalue weighted by Gasteiger charge is 2.34. The van der Waals surface area contributed by atoms with Crippen LogP contribution in [0.4, 0.5) is 0 Å². The minimum Gasteiger partial charge on any atom is -0.331 e. The maximum absolute atomic E-state index is 13.4. The van der Waals surface area contributed by atoms with Gasteiger partial charge in [0.15, 0.2) is 0 Å². The standard InChI is InChI=1S/C24H31NO/c1-4-6-9-19(5-2)24(26)25-17-16-20-10-7-8-11-22(20)23(25)21-14-12-18(3)13-15-21/h7-8,10-15,19,23H,4-6,9,16-17H2,1-3H3. The van der Waals surface area contributed by atoms with Crippen LogP contribution in [0.1, 0.15) is 67.8 Å². The van der Waals surface area contributed by atoms with E-state index in [9.17, 15) is 4.79 Å². The van der Waals surface area contributed by atoms with Crippen LogP contribution in [0.2, 0.25) is 0 Å². The Morgan fingerprint density at radius 3 is 2.54 bits per heavy atom. The molecular weight excluding hydrogens is 318 g/mol. The first-order chi connectivity index (χ1) is 12.7. The monoisotopic (exact) mass is 349 g/mol. The molecule has 138 valence electrons. The fraction of sp³-hybridized carbons (Fsp3) is 0.458. The van der Waals surface area contributed by atoms with Gasteiger partial charge in [0.1, 0.15) is 0 Å². The minimum atomic E-state index is 0.0451. The number of hydrogen-bond donors (Lipinski definition) is 0. The first-order valence-corrected chi connectivity index (χ1v) is 10.1. The van der Waals surface area contributed by atoms with Crippen molar-refractivity contribution in [3.8, 4) is 0 Å². The molecule has 0 N–H and O–H groups in total. The van der Waals surface area contributed by atoms with Crippen LogP contribution in [0.3, 0.4) is 0 Å². The van der Waals surface area contributed by atoms with Crippen molar-refractivity contribution in [1.29, 1.82) is 0 Å². The summed E-state index contributed by atoms with van der Waals surface area (Å²) in [5.74, 6) is 0.481. The predicted octanol–water partition coefficient (Wildman–Crippen LogP) is 5.69. The summed E-state index contributed by atoms with van der Waals surface area (Å²) in [7, 11) is 0. The van der Waals surface area contributed by atoms with Gasteiger partial charge < -0.3 is 4.90 Å². The van der Waals surface area contributed by atoms with E-state index in [0.29, 0.717) is 5.91 Å². The van der Waals surface area contributed by atoms with Crippen LogP contribution < -0.4 is 0 Å². The Labute approximate surface area is 158 Å². The van der Waals surface area contributed by atoms with Crippen LogP contribution in [0.15, 0.2) is 48.5 Å². The van der Waals surface area contributed by atoms with Gasteiger partial charge in [0.25, 0.3) is 0 Å². The van der Waals surface area contributed by atoms with Crippen molar-refractivity contribution in [1.82, 2.24) is 4.90 Å². The van der Waals surface area contributed by atoms with E-state index >= 15 is 0 Å². The molecule has 1 amide bonds. The Kier molecular flexibility index (Phi) is 6.13. The summed E-state index contributed by atoms with van der Waals surface area (Å²) in [4.78, 5) is 15.6. The molecule has 1 heterocycles. The van der Waals surface area contributed by atoms with E-state index in [1.165, 1.54) is 22.3 Å². The highest BCUT2D eigenvalue weighted by molar-refractivity contribution is 5.80. The van der Waals surface area contributed by atoms with Gasteiger partial charge in [-0.3, -0.25) is 4.79 Å². The third-order valence-corrected chi connectivity index (χ3v) is 5.71. The third-order valence-electron chi connectivity index (χ3n) is 5.71. The molecule has 2 aromatic rings. The number of rotatable bonds is 6. The molecular formula is C24H31NO. The molecule has 0 aromatic heterocycles. The number of carbonyl (C=O) groups excluding carboxylic acids is 1. The molecule has 0 bridgehead atoms. The Morgan fingerprint density at radius 1 is 1.12 bits per heavy atom. The Morgan fingerprint density at radius 2 is 1.85 bits per heavy atom. The lowest BCUT2D eigenvalue weighted by atomic mass is 9.86. The molecule has 0 aliphatic carbocycles. The van der Waals surface area contributed by atoms with Crippen molar-refractivity contribution in [2.45, 2.75) is 58.9 Å². The van der Waals surface area contributed by atoms with E-state index in [1.54, 1.807) is 0 Å². The smallest absolute Gasteiger partial charge is 0.226 e. The van der Waals surface area contributed by atoms with E-state index in [1.807, 2.05) is 0 Å². The topological polar surface area (TPSA) is 20.3 Å². The second kappa shape index (κ2) is 8.53. The second-order valence-electron chi connectivity index (χ2n) is 7.54. The first kappa shape index (κ1) is 18.7. The number of carbonyl (C=O) groups is 1. The number of amides is 1. The van der Waals surface area contributed by atoms with Gasteiger partial charge in [-0.1, -0.05) is 80.8 Å². The van der Waals surface area contributed by atoms with Gasteiger partial charge in [0.2, 0.25) is 5.91 Å². The molecule has 0 saturated heterocycles. The number of unbranched alkanes of at least 4 members (excludes halogenated alkanes) is 1. The average molecular weight is 350 g/mol. The minimum absolute atomic E-state index is 0.0451. The number of hydrogen-bond acceptors (Lipinski definition) is 1. The first-order valence-electron chi connectivity index (χ1n) is 10.1. The average Bonchev–Trinajstić information content (AvgIpc) is 2.68. The summed E-state index contributed by atoms with van der Waals surface area (Å²) in [6, 6.07) is 17.4.